The molecule has 2 rings (SSSR count). The van der Waals surface area contributed by atoms with Gasteiger partial charge < -0.3 is 20.3 Å². The fourth-order valence-electron chi connectivity index (χ4n) is 2.43. The quantitative estimate of drug-likeness (QED) is 0.490. The van der Waals surface area contributed by atoms with Gasteiger partial charge in [-0.15, -0.1) is 0 Å². The zero-order valence-corrected chi connectivity index (χ0v) is 14.3. The van der Waals surface area contributed by atoms with Crippen LogP contribution in [0.3, 0.4) is 0 Å². The zero-order chi connectivity index (χ0) is 17.7. The molecule has 0 saturated carbocycles. The summed E-state index contributed by atoms with van der Waals surface area (Å²) in [5.74, 6) is -0.711. The number of nitrogens with zero attached hydrogens (tertiary/aromatic N) is 1. The number of hydroxylamine groups is 1. The molecule has 7 nitrogen and oxygen atoms in total. The maximum Gasteiger partial charge on any atom is 0.253 e. The number of hydrogen-bond donors (Lipinski definition) is 3. The Labute approximate surface area is 149 Å². The summed E-state index contributed by atoms with van der Waals surface area (Å²) >= 11 is 10.9. The van der Waals surface area contributed by atoms with Crippen molar-refractivity contribution in [2.24, 2.45) is 0 Å². The highest BCUT2D eigenvalue weighted by Crippen LogP contribution is 2.25. The molecule has 1 saturated heterocycles. The van der Waals surface area contributed by atoms with Crippen LogP contribution in [0.25, 0.3) is 0 Å². The average Bonchev–Trinajstić information content (AvgIpc) is 3.12. The van der Waals surface area contributed by atoms with Crippen molar-refractivity contribution in [2.45, 2.75) is 36.1 Å². The second-order valence-corrected chi connectivity index (χ2v) is 6.52. The minimum Gasteiger partial charge on any atom is -0.394 e. The minimum atomic E-state index is -1.30. The van der Waals surface area contributed by atoms with Crippen molar-refractivity contribution in [1.82, 2.24) is 5.32 Å². The molecule has 3 atom stereocenters. The van der Waals surface area contributed by atoms with Crippen LogP contribution in [0, 0.1) is 0 Å². The smallest absolute Gasteiger partial charge is 0.253 e. The molecule has 1 amide bonds. The van der Waals surface area contributed by atoms with Crippen molar-refractivity contribution in [1.29, 1.82) is 0 Å². The summed E-state index contributed by atoms with van der Waals surface area (Å²) in [6.07, 6.45) is -0.150. The lowest BCUT2D eigenvalue weighted by Crippen LogP contribution is -2.44. The molecule has 133 valence electrons. The molecule has 24 heavy (non-hydrogen) atoms. The fourth-order valence-corrected chi connectivity index (χ4v) is 2.56. The van der Waals surface area contributed by atoms with Crippen LogP contribution in [0.15, 0.2) is 24.3 Å². The number of anilines is 1. The van der Waals surface area contributed by atoms with E-state index in [0.29, 0.717) is 24.3 Å². The van der Waals surface area contributed by atoms with Crippen LogP contribution in [0.2, 0.25) is 0 Å². The number of aliphatic hydroxyl groups is 2. The van der Waals surface area contributed by atoms with Crippen LogP contribution >= 0.6 is 23.2 Å². The largest absolute Gasteiger partial charge is 0.394 e. The third-order valence-electron chi connectivity index (χ3n) is 3.76. The first-order valence-electron chi connectivity index (χ1n) is 7.49. The van der Waals surface area contributed by atoms with Gasteiger partial charge in [0.2, 0.25) is 0 Å². The Morgan fingerprint density at radius 1 is 1.38 bits per heavy atom. The van der Waals surface area contributed by atoms with Gasteiger partial charge in [-0.25, -0.2) is 0 Å². The molecule has 1 fully saturated rings. The molecular weight excluding hydrogens is 359 g/mol. The first kappa shape index (κ1) is 19.2. The Kier molecular flexibility index (Phi) is 7.09. The molecule has 0 aliphatic carbocycles. The lowest BCUT2D eigenvalue weighted by Gasteiger charge is -2.24. The monoisotopic (exact) mass is 377 g/mol. The number of rotatable bonds is 7. The van der Waals surface area contributed by atoms with Crippen molar-refractivity contribution in [2.75, 3.05) is 18.3 Å². The van der Waals surface area contributed by atoms with E-state index in [1.165, 1.54) is 0 Å². The van der Waals surface area contributed by atoms with E-state index in [0.717, 1.165) is 11.5 Å². The number of carbonyl (C=O) groups excluding carboxylic acids is 1. The van der Waals surface area contributed by atoms with Gasteiger partial charge in [0.05, 0.1) is 18.3 Å². The van der Waals surface area contributed by atoms with E-state index in [2.05, 4.69) is 5.32 Å². The van der Waals surface area contributed by atoms with Crippen molar-refractivity contribution in [3.05, 3.63) is 29.8 Å². The van der Waals surface area contributed by atoms with Gasteiger partial charge in [0.15, 0.2) is 11.1 Å². The Bertz CT molecular complexity index is 537. The van der Waals surface area contributed by atoms with Crippen molar-refractivity contribution >= 4 is 34.8 Å². The van der Waals surface area contributed by atoms with E-state index < -0.39 is 35.7 Å². The lowest BCUT2D eigenvalue weighted by molar-refractivity contribution is -0.121. The highest BCUT2D eigenvalue weighted by atomic mass is 35.5. The molecule has 0 spiro atoms. The molecule has 0 aromatic heterocycles. The standard InChI is InChI=1S/C15H19Cl2N2O5/c16-14(17)15(22)18-11(8-20)13(21)9-3-5-10(6-4-9)19(23)12-2-1-7-24-12/h3-6,11-14,20-21H,1-2,7-8H2,(H,18,22)/t11-,12?,13+/m0/s1. The molecule has 1 radical (unpaired) electrons. The van der Waals surface area contributed by atoms with Gasteiger partial charge in [0.25, 0.3) is 5.91 Å². The van der Waals surface area contributed by atoms with Gasteiger partial charge in [0.1, 0.15) is 6.10 Å². The van der Waals surface area contributed by atoms with E-state index in [4.69, 9.17) is 27.9 Å². The summed E-state index contributed by atoms with van der Waals surface area (Å²) in [5, 5.41) is 34.9. The van der Waals surface area contributed by atoms with Crippen LogP contribution in [0.1, 0.15) is 24.5 Å². The molecule has 9 heteroatoms. The summed E-state index contributed by atoms with van der Waals surface area (Å²) in [7, 11) is 0. The predicted molar refractivity (Wildman–Crippen MR) is 88.1 cm³/mol. The van der Waals surface area contributed by atoms with Gasteiger partial charge >= 0.3 is 0 Å². The van der Waals surface area contributed by atoms with Crippen LogP contribution in [-0.2, 0) is 14.7 Å². The summed E-state index contributed by atoms with van der Waals surface area (Å²) in [6, 6.07) is 5.23. The summed E-state index contributed by atoms with van der Waals surface area (Å²) in [4.78, 5) is 10.2. The van der Waals surface area contributed by atoms with Crippen molar-refractivity contribution < 1.29 is 25.0 Å². The molecule has 3 N–H and O–H groups in total. The molecule has 1 aliphatic rings. The van der Waals surface area contributed by atoms with Gasteiger partial charge in [-0.1, -0.05) is 40.5 Å². The number of carbonyl (C=O) groups is 1. The average molecular weight is 378 g/mol. The van der Waals surface area contributed by atoms with Crippen LogP contribution in [0.4, 0.5) is 5.69 Å². The van der Waals surface area contributed by atoms with E-state index in [1.54, 1.807) is 24.3 Å². The number of nitrogens with one attached hydrogen (secondary N) is 1. The highest BCUT2D eigenvalue weighted by Gasteiger charge is 2.26. The molecule has 0 bridgehead atoms. The third-order valence-corrected chi connectivity index (χ3v) is 4.16. The maximum absolute atomic E-state index is 12.1. The first-order chi connectivity index (χ1) is 11.4. The molecule has 1 unspecified atom stereocenters. The Morgan fingerprint density at radius 2 is 2.04 bits per heavy atom. The van der Waals surface area contributed by atoms with Crippen molar-refractivity contribution in [3.8, 4) is 0 Å². The Hall–Kier alpha value is -1.09. The zero-order valence-electron chi connectivity index (χ0n) is 12.8. The molecule has 1 aliphatic heterocycles. The maximum atomic E-state index is 12.1. The normalized spacial score (nSPS) is 20.0. The third kappa shape index (κ3) is 4.72. The second-order valence-electron chi connectivity index (χ2n) is 5.43. The Morgan fingerprint density at radius 3 is 2.54 bits per heavy atom. The van der Waals surface area contributed by atoms with Crippen LogP contribution < -0.4 is 10.4 Å². The lowest BCUT2D eigenvalue weighted by atomic mass is 10.0. The number of hydrogen-bond acceptors (Lipinski definition) is 5. The number of alkyl halides is 2. The molecule has 1 aromatic rings. The van der Waals surface area contributed by atoms with E-state index in [-0.39, 0.29) is 0 Å². The Balaban J connectivity index is 2.03. The van der Waals surface area contributed by atoms with E-state index in [9.17, 15) is 20.2 Å². The SMILES string of the molecule is [O]N(c1ccc([C@@H](O)[C@H](CO)NC(=O)C(Cl)Cl)cc1)C1CCCO1. The molecule has 1 aromatic carbocycles. The van der Waals surface area contributed by atoms with Crippen molar-refractivity contribution in [3.63, 3.8) is 0 Å². The fraction of sp³-hybridized carbons (Fsp3) is 0.533. The topological polar surface area (TPSA) is 102 Å². The molecular formula is C15H19Cl2N2O5. The number of ether oxygens (including phenoxy) is 1. The number of amides is 1. The predicted octanol–water partition coefficient (Wildman–Crippen LogP) is 1.29. The van der Waals surface area contributed by atoms with Gasteiger partial charge in [-0.2, -0.15) is 5.06 Å². The summed E-state index contributed by atoms with van der Waals surface area (Å²) in [6.45, 7) is 0.0684. The highest BCUT2D eigenvalue weighted by molar-refractivity contribution is 6.53. The van der Waals surface area contributed by atoms with Gasteiger partial charge in [0, 0.05) is 6.61 Å². The molecule has 1 heterocycles. The number of benzene rings is 1. The van der Waals surface area contributed by atoms with E-state index in [1.807, 2.05) is 0 Å². The summed E-state index contributed by atoms with van der Waals surface area (Å²) < 4.78 is 5.33. The van der Waals surface area contributed by atoms with E-state index >= 15 is 0 Å². The van der Waals surface area contributed by atoms with Gasteiger partial charge in [-0.05, 0) is 30.5 Å². The number of aliphatic hydroxyl groups excluding tert-OH is 2. The first-order valence-corrected chi connectivity index (χ1v) is 8.36. The number of halogens is 2. The second kappa shape index (κ2) is 8.84. The summed E-state index contributed by atoms with van der Waals surface area (Å²) in [5.41, 5.74) is 0.837. The minimum absolute atomic E-state index is 0.406. The van der Waals surface area contributed by atoms with Crippen LogP contribution in [0.5, 0.6) is 0 Å². The van der Waals surface area contributed by atoms with Gasteiger partial charge in [-0.3, -0.25) is 4.79 Å². The van der Waals surface area contributed by atoms with Crippen LogP contribution in [-0.4, -0.2) is 46.4 Å².